The standard InChI is InChI=1S/C13H23NO3/c1-10-11(5-8-17-10)12(16)14-13(9-15)6-3-2-4-7-13/h10-11,15H,2-9H2,1H3,(H,14,16). The van der Waals surface area contributed by atoms with Crippen molar-refractivity contribution in [2.75, 3.05) is 13.2 Å². The average Bonchev–Trinajstić information content (AvgIpc) is 2.77. The predicted octanol–water partition coefficient (Wildman–Crippen LogP) is 1.22. The third-order valence-electron chi connectivity index (χ3n) is 4.21. The molecule has 2 unspecified atom stereocenters. The maximum Gasteiger partial charge on any atom is 0.226 e. The second kappa shape index (κ2) is 5.36. The molecule has 0 spiro atoms. The average molecular weight is 241 g/mol. The molecule has 1 aliphatic carbocycles. The summed E-state index contributed by atoms with van der Waals surface area (Å²) in [5.41, 5.74) is -0.363. The molecule has 4 heteroatoms. The maximum atomic E-state index is 12.2. The Bertz CT molecular complexity index is 274. The minimum Gasteiger partial charge on any atom is -0.394 e. The molecule has 2 atom stereocenters. The highest BCUT2D eigenvalue weighted by Crippen LogP contribution is 2.29. The molecule has 0 aromatic rings. The van der Waals surface area contributed by atoms with Gasteiger partial charge in [-0.05, 0) is 26.2 Å². The lowest BCUT2D eigenvalue weighted by Crippen LogP contribution is -2.54. The third kappa shape index (κ3) is 2.80. The van der Waals surface area contributed by atoms with Crippen LogP contribution in [0.1, 0.15) is 45.4 Å². The fraction of sp³-hybridized carbons (Fsp3) is 0.923. The van der Waals surface area contributed by atoms with Crippen molar-refractivity contribution in [3.8, 4) is 0 Å². The topological polar surface area (TPSA) is 58.6 Å². The van der Waals surface area contributed by atoms with Crippen molar-refractivity contribution in [2.45, 2.75) is 57.1 Å². The normalized spacial score (nSPS) is 32.4. The monoisotopic (exact) mass is 241 g/mol. The highest BCUT2D eigenvalue weighted by Gasteiger charge is 2.37. The Hall–Kier alpha value is -0.610. The minimum absolute atomic E-state index is 0.00864. The Balaban J connectivity index is 1.95. The van der Waals surface area contributed by atoms with Gasteiger partial charge in [0.05, 0.1) is 24.2 Å². The summed E-state index contributed by atoms with van der Waals surface area (Å²) in [6, 6.07) is 0. The van der Waals surface area contributed by atoms with E-state index in [0.29, 0.717) is 6.61 Å². The van der Waals surface area contributed by atoms with Crippen LogP contribution in [0, 0.1) is 5.92 Å². The van der Waals surface area contributed by atoms with Crippen LogP contribution < -0.4 is 5.32 Å². The zero-order valence-corrected chi connectivity index (χ0v) is 10.6. The lowest BCUT2D eigenvalue weighted by molar-refractivity contribution is -0.129. The van der Waals surface area contributed by atoms with Crippen molar-refractivity contribution >= 4 is 5.91 Å². The Morgan fingerprint density at radius 1 is 1.41 bits per heavy atom. The van der Waals surface area contributed by atoms with E-state index in [2.05, 4.69) is 5.32 Å². The Morgan fingerprint density at radius 3 is 2.65 bits per heavy atom. The molecule has 1 amide bonds. The van der Waals surface area contributed by atoms with Crippen LogP contribution in [0.2, 0.25) is 0 Å². The number of hydrogen-bond acceptors (Lipinski definition) is 3. The van der Waals surface area contributed by atoms with Crippen molar-refractivity contribution < 1.29 is 14.6 Å². The molecule has 1 saturated carbocycles. The largest absolute Gasteiger partial charge is 0.394 e. The molecule has 17 heavy (non-hydrogen) atoms. The summed E-state index contributed by atoms with van der Waals surface area (Å²) in [7, 11) is 0. The van der Waals surface area contributed by atoms with Gasteiger partial charge in [0, 0.05) is 6.61 Å². The van der Waals surface area contributed by atoms with E-state index in [4.69, 9.17) is 4.74 Å². The number of carbonyl (C=O) groups excluding carboxylic acids is 1. The molecule has 1 heterocycles. The zero-order chi connectivity index (χ0) is 12.3. The van der Waals surface area contributed by atoms with Crippen LogP contribution in [0.15, 0.2) is 0 Å². The van der Waals surface area contributed by atoms with Gasteiger partial charge in [0.25, 0.3) is 0 Å². The smallest absolute Gasteiger partial charge is 0.226 e. The van der Waals surface area contributed by atoms with Crippen molar-refractivity contribution in [3.05, 3.63) is 0 Å². The van der Waals surface area contributed by atoms with Gasteiger partial charge >= 0.3 is 0 Å². The molecular formula is C13H23NO3. The van der Waals surface area contributed by atoms with Crippen LogP contribution >= 0.6 is 0 Å². The fourth-order valence-corrected chi connectivity index (χ4v) is 2.98. The summed E-state index contributed by atoms with van der Waals surface area (Å²) >= 11 is 0. The molecule has 1 saturated heterocycles. The van der Waals surface area contributed by atoms with E-state index in [1.165, 1.54) is 6.42 Å². The molecule has 0 radical (unpaired) electrons. The van der Waals surface area contributed by atoms with Crippen molar-refractivity contribution in [3.63, 3.8) is 0 Å². The molecule has 4 nitrogen and oxygen atoms in total. The molecule has 2 fully saturated rings. The van der Waals surface area contributed by atoms with Gasteiger partial charge in [-0.25, -0.2) is 0 Å². The predicted molar refractivity (Wildman–Crippen MR) is 64.6 cm³/mol. The first-order valence-corrected chi connectivity index (χ1v) is 6.71. The van der Waals surface area contributed by atoms with Gasteiger partial charge < -0.3 is 15.2 Å². The summed E-state index contributed by atoms with van der Waals surface area (Å²) in [4.78, 5) is 12.2. The first-order valence-electron chi connectivity index (χ1n) is 6.71. The molecule has 2 rings (SSSR count). The SMILES string of the molecule is CC1OCCC1C(=O)NC1(CO)CCCCC1. The summed E-state index contributed by atoms with van der Waals surface area (Å²) in [5, 5.41) is 12.6. The first kappa shape index (κ1) is 12.8. The number of rotatable bonds is 3. The molecule has 0 aromatic heterocycles. The van der Waals surface area contributed by atoms with E-state index in [1.807, 2.05) is 6.92 Å². The Morgan fingerprint density at radius 2 is 2.12 bits per heavy atom. The second-order valence-electron chi connectivity index (χ2n) is 5.46. The molecular weight excluding hydrogens is 218 g/mol. The zero-order valence-electron chi connectivity index (χ0n) is 10.6. The minimum atomic E-state index is -0.363. The van der Waals surface area contributed by atoms with Crippen molar-refractivity contribution in [1.29, 1.82) is 0 Å². The molecule has 2 N–H and O–H groups in total. The molecule has 0 aromatic carbocycles. The van der Waals surface area contributed by atoms with Gasteiger partial charge in [0.2, 0.25) is 5.91 Å². The number of carbonyl (C=O) groups is 1. The van der Waals surface area contributed by atoms with Gasteiger partial charge in [0.15, 0.2) is 0 Å². The third-order valence-corrected chi connectivity index (χ3v) is 4.21. The van der Waals surface area contributed by atoms with Gasteiger partial charge in [-0.3, -0.25) is 4.79 Å². The summed E-state index contributed by atoms with van der Waals surface area (Å²) in [6.45, 7) is 2.68. The Kier molecular flexibility index (Phi) is 4.05. The van der Waals surface area contributed by atoms with E-state index in [1.54, 1.807) is 0 Å². The lowest BCUT2D eigenvalue weighted by Gasteiger charge is -2.37. The van der Waals surface area contributed by atoms with Crippen LogP contribution in [0.4, 0.5) is 0 Å². The summed E-state index contributed by atoms with van der Waals surface area (Å²) in [5.74, 6) is 0.0197. The van der Waals surface area contributed by atoms with Gasteiger partial charge in [0.1, 0.15) is 0 Å². The van der Waals surface area contributed by atoms with Crippen LogP contribution in [-0.2, 0) is 9.53 Å². The molecule has 98 valence electrons. The number of hydrogen-bond donors (Lipinski definition) is 2. The number of ether oxygens (including phenoxy) is 1. The van der Waals surface area contributed by atoms with Gasteiger partial charge in [-0.1, -0.05) is 19.3 Å². The summed E-state index contributed by atoms with van der Waals surface area (Å²) < 4.78 is 5.42. The number of nitrogens with one attached hydrogen (secondary N) is 1. The van der Waals surface area contributed by atoms with Crippen molar-refractivity contribution in [2.24, 2.45) is 5.92 Å². The van der Waals surface area contributed by atoms with Crippen LogP contribution in [0.3, 0.4) is 0 Å². The van der Waals surface area contributed by atoms with Crippen LogP contribution in [0.25, 0.3) is 0 Å². The number of aliphatic hydroxyl groups is 1. The lowest BCUT2D eigenvalue weighted by atomic mass is 9.81. The van der Waals surface area contributed by atoms with E-state index in [0.717, 1.165) is 32.1 Å². The van der Waals surface area contributed by atoms with E-state index >= 15 is 0 Å². The van der Waals surface area contributed by atoms with E-state index in [9.17, 15) is 9.90 Å². The van der Waals surface area contributed by atoms with Crippen molar-refractivity contribution in [1.82, 2.24) is 5.32 Å². The molecule has 2 aliphatic rings. The molecule has 1 aliphatic heterocycles. The quantitative estimate of drug-likeness (QED) is 0.781. The Labute approximate surface area is 103 Å². The fourth-order valence-electron chi connectivity index (χ4n) is 2.98. The summed E-state index contributed by atoms with van der Waals surface area (Å²) in [6.07, 6.45) is 6.01. The second-order valence-corrected chi connectivity index (χ2v) is 5.46. The van der Waals surface area contributed by atoms with Gasteiger partial charge in [-0.15, -0.1) is 0 Å². The van der Waals surface area contributed by atoms with Gasteiger partial charge in [-0.2, -0.15) is 0 Å². The molecule has 0 bridgehead atoms. The van der Waals surface area contributed by atoms with Crippen LogP contribution in [0.5, 0.6) is 0 Å². The maximum absolute atomic E-state index is 12.2. The highest BCUT2D eigenvalue weighted by atomic mass is 16.5. The number of aliphatic hydroxyl groups excluding tert-OH is 1. The first-order chi connectivity index (χ1) is 8.17. The highest BCUT2D eigenvalue weighted by molar-refractivity contribution is 5.80. The van der Waals surface area contributed by atoms with E-state index < -0.39 is 0 Å². The van der Waals surface area contributed by atoms with Crippen LogP contribution in [-0.4, -0.2) is 35.9 Å². The number of amides is 1. The van der Waals surface area contributed by atoms with E-state index in [-0.39, 0.29) is 30.1 Å².